The van der Waals surface area contributed by atoms with Crippen LogP contribution in [0.15, 0.2) is 24.3 Å². The summed E-state index contributed by atoms with van der Waals surface area (Å²) in [4.78, 5) is 12.2. The monoisotopic (exact) mass is 332 g/mol. The van der Waals surface area contributed by atoms with Crippen LogP contribution in [0.5, 0.6) is 0 Å². The molecule has 0 atom stereocenters. The molecule has 1 aliphatic heterocycles. The molecule has 23 heavy (non-hydrogen) atoms. The van der Waals surface area contributed by atoms with Crippen LogP contribution in [0.3, 0.4) is 0 Å². The number of carbonyl (C=O) groups excluding carboxylic acids is 1. The number of hydrogen-bond donors (Lipinski definition) is 2. The van der Waals surface area contributed by atoms with Crippen LogP contribution in [0.25, 0.3) is 11.3 Å². The lowest BCUT2D eigenvalue weighted by molar-refractivity contribution is -0.125. The summed E-state index contributed by atoms with van der Waals surface area (Å²) in [7, 11) is 0. The number of H-pyrrole nitrogens is 1. The summed E-state index contributed by atoms with van der Waals surface area (Å²) in [5.41, 5.74) is 6.69. The van der Waals surface area contributed by atoms with Gasteiger partial charge >= 0.3 is 0 Å². The average Bonchev–Trinajstić information content (AvgIpc) is 2.90. The predicted octanol–water partition coefficient (Wildman–Crippen LogP) is 3.10. The van der Waals surface area contributed by atoms with Gasteiger partial charge in [-0.05, 0) is 37.5 Å². The molecule has 0 aliphatic carbocycles. The van der Waals surface area contributed by atoms with Gasteiger partial charge in [-0.25, -0.2) is 5.01 Å². The highest BCUT2D eigenvalue weighted by atomic mass is 35.5. The molecule has 2 N–H and O–H groups in total. The quantitative estimate of drug-likeness (QED) is 0.904. The number of rotatable bonds is 4. The Morgan fingerprint density at radius 3 is 2.65 bits per heavy atom. The predicted molar refractivity (Wildman–Crippen MR) is 91.0 cm³/mol. The van der Waals surface area contributed by atoms with E-state index in [4.69, 9.17) is 11.6 Å². The van der Waals surface area contributed by atoms with E-state index in [1.165, 1.54) is 6.42 Å². The van der Waals surface area contributed by atoms with Crippen molar-refractivity contribution in [2.24, 2.45) is 0 Å². The van der Waals surface area contributed by atoms with Gasteiger partial charge in [0.1, 0.15) is 0 Å². The topological polar surface area (TPSA) is 61.0 Å². The molecule has 0 bridgehead atoms. The summed E-state index contributed by atoms with van der Waals surface area (Å²) in [6, 6.07) is 7.55. The molecule has 122 valence electrons. The van der Waals surface area contributed by atoms with Crippen molar-refractivity contribution in [3.05, 3.63) is 40.5 Å². The molecule has 1 saturated heterocycles. The van der Waals surface area contributed by atoms with E-state index in [-0.39, 0.29) is 5.91 Å². The molecular formula is C17H21ClN4O. The van der Waals surface area contributed by atoms with Crippen molar-refractivity contribution in [1.82, 2.24) is 20.6 Å². The number of nitrogens with zero attached hydrogens (tertiary/aromatic N) is 2. The molecule has 0 radical (unpaired) electrons. The van der Waals surface area contributed by atoms with E-state index in [2.05, 4.69) is 15.6 Å². The van der Waals surface area contributed by atoms with Crippen LogP contribution >= 0.6 is 11.6 Å². The third-order valence-corrected chi connectivity index (χ3v) is 4.46. The number of halogens is 1. The third kappa shape index (κ3) is 3.92. The summed E-state index contributed by atoms with van der Waals surface area (Å²) in [6.07, 6.45) is 3.84. The molecule has 6 heteroatoms. The molecular weight excluding hydrogens is 312 g/mol. The van der Waals surface area contributed by atoms with Gasteiger partial charge in [0.15, 0.2) is 0 Å². The highest BCUT2D eigenvalue weighted by Crippen LogP contribution is 2.24. The first-order valence-corrected chi connectivity index (χ1v) is 8.35. The SMILES string of the molecule is Cc1c(-c2ccc(Cl)cc2)n[nH]c1CC(=O)NN1CCCCC1. The molecule has 1 aromatic carbocycles. The van der Waals surface area contributed by atoms with Crippen molar-refractivity contribution < 1.29 is 4.79 Å². The Morgan fingerprint density at radius 1 is 1.26 bits per heavy atom. The van der Waals surface area contributed by atoms with Crippen LogP contribution in [0.4, 0.5) is 0 Å². The Labute approximate surface area is 141 Å². The normalized spacial score (nSPS) is 15.6. The van der Waals surface area contributed by atoms with Gasteiger partial charge in [0, 0.05) is 29.4 Å². The van der Waals surface area contributed by atoms with Gasteiger partial charge in [0.25, 0.3) is 0 Å². The molecule has 1 amide bonds. The van der Waals surface area contributed by atoms with Crippen LogP contribution in [0.2, 0.25) is 5.02 Å². The fourth-order valence-corrected chi connectivity index (χ4v) is 3.00. The maximum Gasteiger partial charge on any atom is 0.240 e. The molecule has 2 heterocycles. The number of piperidine rings is 1. The second kappa shape index (κ2) is 7.15. The fraction of sp³-hybridized carbons (Fsp3) is 0.412. The maximum atomic E-state index is 12.2. The summed E-state index contributed by atoms with van der Waals surface area (Å²) >= 11 is 5.92. The van der Waals surface area contributed by atoms with Crippen molar-refractivity contribution in [3.8, 4) is 11.3 Å². The number of aromatic nitrogens is 2. The Balaban J connectivity index is 1.66. The highest BCUT2D eigenvalue weighted by Gasteiger charge is 2.16. The maximum absolute atomic E-state index is 12.2. The van der Waals surface area contributed by atoms with Gasteiger partial charge in [-0.2, -0.15) is 5.10 Å². The first-order chi connectivity index (χ1) is 11.1. The number of hydrazine groups is 1. The average molecular weight is 333 g/mol. The van der Waals surface area contributed by atoms with E-state index >= 15 is 0 Å². The second-order valence-corrected chi connectivity index (χ2v) is 6.38. The number of aromatic amines is 1. The first kappa shape index (κ1) is 16.0. The van der Waals surface area contributed by atoms with Gasteiger partial charge in [-0.3, -0.25) is 15.3 Å². The summed E-state index contributed by atoms with van der Waals surface area (Å²) in [5, 5.41) is 10.1. The van der Waals surface area contributed by atoms with Gasteiger partial charge in [0.05, 0.1) is 12.1 Å². The lowest BCUT2D eigenvalue weighted by Crippen LogP contribution is -2.45. The largest absolute Gasteiger partial charge is 0.289 e. The van der Waals surface area contributed by atoms with Gasteiger partial charge in [0.2, 0.25) is 5.91 Å². The zero-order valence-electron chi connectivity index (χ0n) is 13.2. The van der Waals surface area contributed by atoms with E-state index in [9.17, 15) is 4.79 Å². The molecule has 1 aromatic heterocycles. The lowest BCUT2D eigenvalue weighted by atomic mass is 10.1. The molecule has 0 unspecified atom stereocenters. The van der Waals surface area contributed by atoms with Gasteiger partial charge in [-0.15, -0.1) is 0 Å². The minimum absolute atomic E-state index is 0.00121. The zero-order chi connectivity index (χ0) is 16.2. The smallest absolute Gasteiger partial charge is 0.240 e. The number of carbonyl (C=O) groups is 1. The highest BCUT2D eigenvalue weighted by molar-refractivity contribution is 6.30. The number of amides is 1. The molecule has 2 aromatic rings. The summed E-state index contributed by atoms with van der Waals surface area (Å²) < 4.78 is 0. The number of nitrogens with one attached hydrogen (secondary N) is 2. The minimum Gasteiger partial charge on any atom is -0.289 e. The molecule has 5 nitrogen and oxygen atoms in total. The van der Waals surface area contributed by atoms with E-state index in [1.807, 2.05) is 36.2 Å². The number of hydrogen-bond acceptors (Lipinski definition) is 3. The summed E-state index contributed by atoms with van der Waals surface area (Å²) in [5.74, 6) is 0.00121. The molecule has 3 rings (SSSR count). The van der Waals surface area contributed by atoms with Crippen LogP contribution in [0.1, 0.15) is 30.5 Å². The van der Waals surface area contributed by atoms with Crippen LogP contribution < -0.4 is 5.43 Å². The summed E-state index contributed by atoms with van der Waals surface area (Å²) in [6.45, 7) is 3.85. The molecule has 0 spiro atoms. The molecule has 1 fully saturated rings. The molecule has 1 aliphatic rings. The van der Waals surface area contributed by atoms with Crippen molar-refractivity contribution in [3.63, 3.8) is 0 Å². The van der Waals surface area contributed by atoms with Crippen molar-refractivity contribution >= 4 is 17.5 Å². The van der Waals surface area contributed by atoms with Crippen LogP contribution in [0, 0.1) is 6.92 Å². The fourth-order valence-electron chi connectivity index (χ4n) is 2.88. The molecule has 0 saturated carbocycles. The Bertz CT molecular complexity index is 674. The standard InChI is InChI=1S/C17H21ClN4O/c1-12-15(11-16(23)21-22-9-3-2-4-10-22)19-20-17(12)13-5-7-14(18)8-6-13/h5-8H,2-4,9-11H2,1H3,(H,19,20)(H,21,23). The second-order valence-electron chi connectivity index (χ2n) is 5.94. The van der Waals surface area contributed by atoms with Crippen LogP contribution in [-0.4, -0.2) is 34.2 Å². The van der Waals surface area contributed by atoms with Crippen LogP contribution in [-0.2, 0) is 11.2 Å². The first-order valence-electron chi connectivity index (χ1n) is 7.97. The minimum atomic E-state index is 0.00121. The van der Waals surface area contributed by atoms with Crippen molar-refractivity contribution in [2.75, 3.05) is 13.1 Å². The van der Waals surface area contributed by atoms with E-state index in [0.717, 1.165) is 48.4 Å². The van der Waals surface area contributed by atoms with Crippen molar-refractivity contribution in [1.29, 1.82) is 0 Å². The Morgan fingerprint density at radius 2 is 1.96 bits per heavy atom. The Hall–Kier alpha value is -1.85. The van der Waals surface area contributed by atoms with E-state index < -0.39 is 0 Å². The van der Waals surface area contributed by atoms with E-state index in [0.29, 0.717) is 11.4 Å². The van der Waals surface area contributed by atoms with E-state index in [1.54, 1.807) is 0 Å². The van der Waals surface area contributed by atoms with Crippen molar-refractivity contribution in [2.45, 2.75) is 32.6 Å². The third-order valence-electron chi connectivity index (χ3n) is 4.20. The lowest BCUT2D eigenvalue weighted by Gasteiger charge is -2.26. The van der Waals surface area contributed by atoms with Gasteiger partial charge < -0.3 is 0 Å². The Kier molecular flexibility index (Phi) is 4.98. The van der Waals surface area contributed by atoms with Gasteiger partial charge in [-0.1, -0.05) is 30.2 Å². The number of benzene rings is 1. The zero-order valence-corrected chi connectivity index (χ0v) is 14.0.